The Balaban J connectivity index is 1.44. The third kappa shape index (κ3) is 5.27. The number of nitrogens with zero attached hydrogens (tertiary/aromatic N) is 1. The molecule has 0 unspecified atom stereocenters. The number of hydrogen-bond acceptors (Lipinski definition) is 6. The molecule has 1 aromatic heterocycles. The minimum absolute atomic E-state index is 0.0490. The number of anilines is 2. The van der Waals surface area contributed by atoms with E-state index in [0.29, 0.717) is 11.4 Å². The summed E-state index contributed by atoms with van der Waals surface area (Å²) < 4.78 is 10.3. The topological polar surface area (TPSA) is 118 Å². The number of nitrogens with one attached hydrogen (secondary N) is 2. The van der Waals surface area contributed by atoms with Gasteiger partial charge in [0.15, 0.2) is 12.4 Å². The zero-order chi connectivity index (χ0) is 23.2. The number of hydrogen-bond donors (Lipinski definition) is 2. The molecule has 4 rings (SSSR count). The molecule has 0 radical (unpaired) electrons. The molecule has 2 heterocycles. The van der Waals surface area contributed by atoms with Crippen LogP contribution in [0.2, 0.25) is 0 Å². The van der Waals surface area contributed by atoms with Crippen LogP contribution >= 0.6 is 0 Å². The largest absolute Gasteiger partial charge is 0.459 e. The first-order chi connectivity index (χ1) is 16.0. The van der Waals surface area contributed by atoms with Crippen molar-refractivity contribution in [2.45, 2.75) is 12.5 Å². The smallest absolute Gasteiger partial charge is 0.329 e. The summed E-state index contributed by atoms with van der Waals surface area (Å²) in [7, 11) is 0. The molecule has 168 valence electrons. The van der Waals surface area contributed by atoms with Crippen molar-refractivity contribution in [2.75, 3.05) is 23.4 Å². The Morgan fingerprint density at radius 1 is 1.03 bits per heavy atom. The van der Waals surface area contributed by atoms with E-state index in [4.69, 9.17) is 9.15 Å². The van der Waals surface area contributed by atoms with E-state index < -0.39 is 30.4 Å². The molecule has 0 spiro atoms. The number of fused-ring (bicyclic) bond motifs is 1. The number of amides is 3. The van der Waals surface area contributed by atoms with E-state index in [1.807, 2.05) is 30.3 Å². The van der Waals surface area contributed by atoms with Crippen LogP contribution in [0, 0.1) is 0 Å². The van der Waals surface area contributed by atoms with Gasteiger partial charge in [0, 0.05) is 6.42 Å². The first-order valence-corrected chi connectivity index (χ1v) is 10.3. The number of rotatable bonds is 7. The highest BCUT2D eigenvalue weighted by molar-refractivity contribution is 6.10. The molecule has 3 aromatic rings. The third-order valence-corrected chi connectivity index (χ3v) is 5.03. The molecule has 1 aliphatic heterocycles. The van der Waals surface area contributed by atoms with E-state index in [2.05, 4.69) is 10.6 Å². The summed E-state index contributed by atoms with van der Waals surface area (Å²) in [6.45, 7) is -0.765. The average Bonchev–Trinajstić information content (AvgIpc) is 3.37. The molecule has 0 bridgehead atoms. The molecule has 2 aromatic carbocycles. The molecule has 9 heteroatoms. The standard InChI is InChI=1S/C24H21N3O6/c28-21-14-27(19-10-5-4-9-17(19)25-21)22(29)15-33-24(31)18(13-16-7-2-1-3-8-16)26-23(30)20-11-6-12-32-20/h1-12,18H,13-15H2,(H,25,28)(H,26,30)/t18-/m0/s1. The fourth-order valence-electron chi connectivity index (χ4n) is 3.45. The van der Waals surface area contributed by atoms with Crippen molar-refractivity contribution >= 4 is 35.1 Å². The molecular weight excluding hydrogens is 426 g/mol. The lowest BCUT2D eigenvalue weighted by molar-refractivity contribution is -0.149. The molecule has 0 fully saturated rings. The number of carbonyl (C=O) groups excluding carboxylic acids is 4. The van der Waals surface area contributed by atoms with Gasteiger partial charge in [-0.1, -0.05) is 42.5 Å². The molecule has 1 atom stereocenters. The normalized spacial score (nSPS) is 13.5. The molecular formula is C24H21N3O6. The second-order valence-corrected chi connectivity index (χ2v) is 7.35. The van der Waals surface area contributed by atoms with Crippen molar-refractivity contribution in [1.82, 2.24) is 5.32 Å². The van der Waals surface area contributed by atoms with Gasteiger partial charge in [0.05, 0.1) is 17.6 Å². The highest BCUT2D eigenvalue weighted by atomic mass is 16.5. The van der Waals surface area contributed by atoms with Gasteiger partial charge in [0.25, 0.3) is 11.8 Å². The van der Waals surface area contributed by atoms with Gasteiger partial charge in [-0.25, -0.2) is 4.79 Å². The van der Waals surface area contributed by atoms with Gasteiger partial charge in [0.2, 0.25) is 5.91 Å². The minimum atomic E-state index is -1.05. The van der Waals surface area contributed by atoms with Gasteiger partial charge in [-0.3, -0.25) is 19.3 Å². The van der Waals surface area contributed by atoms with E-state index in [-0.39, 0.29) is 24.6 Å². The molecule has 0 aliphatic carbocycles. The molecule has 1 aliphatic rings. The Morgan fingerprint density at radius 3 is 2.55 bits per heavy atom. The van der Waals surface area contributed by atoms with Crippen LogP contribution in [-0.4, -0.2) is 42.9 Å². The number of carbonyl (C=O) groups is 4. The number of furan rings is 1. The van der Waals surface area contributed by atoms with Crippen LogP contribution in [0.1, 0.15) is 16.1 Å². The van der Waals surface area contributed by atoms with E-state index >= 15 is 0 Å². The van der Waals surface area contributed by atoms with Crippen molar-refractivity contribution < 1.29 is 28.3 Å². The molecule has 9 nitrogen and oxygen atoms in total. The maximum Gasteiger partial charge on any atom is 0.329 e. The van der Waals surface area contributed by atoms with Crippen molar-refractivity contribution in [1.29, 1.82) is 0 Å². The van der Waals surface area contributed by atoms with Gasteiger partial charge in [-0.05, 0) is 29.8 Å². The summed E-state index contributed by atoms with van der Waals surface area (Å²) in [5.41, 5.74) is 1.82. The molecule has 3 amide bonds. The number of benzene rings is 2. The summed E-state index contributed by atoms with van der Waals surface area (Å²) in [6, 6.07) is 17.9. The average molecular weight is 447 g/mol. The van der Waals surface area contributed by atoms with Crippen molar-refractivity contribution in [2.24, 2.45) is 0 Å². The summed E-state index contributed by atoms with van der Waals surface area (Å²) in [5, 5.41) is 5.29. The highest BCUT2D eigenvalue weighted by Crippen LogP contribution is 2.28. The van der Waals surface area contributed by atoms with Gasteiger partial charge in [0.1, 0.15) is 12.6 Å². The highest BCUT2D eigenvalue weighted by Gasteiger charge is 2.29. The fourth-order valence-corrected chi connectivity index (χ4v) is 3.45. The van der Waals surface area contributed by atoms with Crippen LogP contribution in [0.5, 0.6) is 0 Å². The van der Waals surface area contributed by atoms with Crippen LogP contribution in [0.25, 0.3) is 0 Å². The summed E-state index contributed by atoms with van der Waals surface area (Å²) in [5.74, 6) is -2.21. The lowest BCUT2D eigenvalue weighted by atomic mass is 10.1. The zero-order valence-electron chi connectivity index (χ0n) is 17.5. The van der Waals surface area contributed by atoms with Crippen molar-refractivity contribution in [3.05, 3.63) is 84.3 Å². The number of ether oxygens (including phenoxy) is 1. The van der Waals surface area contributed by atoms with Crippen molar-refractivity contribution in [3.8, 4) is 0 Å². The van der Waals surface area contributed by atoms with Gasteiger partial charge >= 0.3 is 5.97 Å². The summed E-state index contributed by atoms with van der Waals surface area (Å²) >= 11 is 0. The van der Waals surface area contributed by atoms with E-state index in [9.17, 15) is 19.2 Å². The maximum absolute atomic E-state index is 12.8. The second kappa shape index (κ2) is 9.82. The minimum Gasteiger partial charge on any atom is -0.459 e. The predicted molar refractivity (Wildman–Crippen MR) is 118 cm³/mol. The first-order valence-electron chi connectivity index (χ1n) is 10.3. The zero-order valence-corrected chi connectivity index (χ0v) is 17.5. The lowest BCUT2D eigenvalue weighted by Crippen LogP contribution is -2.46. The lowest BCUT2D eigenvalue weighted by Gasteiger charge is -2.29. The van der Waals surface area contributed by atoms with E-state index in [0.717, 1.165) is 5.56 Å². The Kier molecular flexibility index (Phi) is 6.49. The monoisotopic (exact) mass is 447 g/mol. The van der Waals surface area contributed by atoms with Crippen LogP contribution in [-0.2, 0) is 25.5 Å². The molecule has 0 saturated carbocycles. The molecule has 33 heavy (non-hydrogen) atoms. The van der Waals surface area contributed by atoms with Gasteiger partial charge in [-0.15, -0.1) is 0 Å². The van der Waals surface area contributed by atoms with Crippen LogP contribution in [0.3, 0.4) is 0 Å². The Hall–Kier alpha value is -4.40. The van der Waals surface area contributed by atoms with E-state index in [1.165, 1.54) is 17.2 Å². The first kappa shape index (κ1) is 21.8. The third-order valence-electron chi connectivity index (χ3n) is 5.03. The second-order valence-electron chi connectivity index (χ2n) is 7.35. The summed E-state index contributed by atoms with van der Waals surface area (Å²) in [4.78, 5) is 51.3. The SMILES string of the molecule is O=C1CN(C(=O)COC(=O)[C@H](Cc2ccccc2)NC(=O)c2ccco2)c2ccccc2N1. The maximum atomic E-state index is 12.8. The van der Waals surface area contributed by atoms with Crippen LogP contribution in [0.4, 0.5) is 11.4 Å². The van der Waals surface area contributed by atoms with Crippen molar-refractivity contribution in [3.63, 3.8) is 0 Å². The quantitative estimate of drug-likeness (QED) is 0.536. The summed E-state index contributed by atoms with van der Waals surface area (Å²) in [6.07, 6.45) is 1.51. The Labute approximate surface area is 189 Å². The van der Waals surface area contributed by atoms with E-state index in [1.54, 1.807) is 30.3 Å². The van der Waals surface area contributed by atoms with Crippen LogP contribution in [0.15, 0.2) is 77.4 Å². The van der Waals surface area contributed by atoms with Gasteiger partial charge in [-0.2, -0.15) is 0 Å². The predicted octanol–water partition coefficient (Wildman–Crippen LogP) is 2.15. The molecule has 0 saturated heterocycles. The van der Waals surface area contributed by atoms with Gasteiger partial charge < -0.3 is 19.8 Å². The molecule has 2 N–H and O–H groups in total. The fraction of sp³-hybridized carbons (Fsp3) is 0.167. The van der Waals surface area contributed by atoms with Crippen LogP contribution < -0.4 is 15.5 Å². The number of esters is 1. The Bertz CT molecular complexity index is 1160. The Morgan fingerprint density at radius 2 is 1.79 bits per heavy atom. The number of para-hydroxylation sites is 2.